The Labute approximate surface area is 173 Å². The fraction of sp³-hybridized carbons (Fsp3) is 0.150. The minimum Gasteiger partial charge on any atom is -0.461 e. The maximum atomic E-state index is 12.2. The van der Waals surface area contributed by atoms with Crippen LogP contribution in [0.5, 0.6) is 0 Å². The van der Waals surface area contributed by atoms with Crippen LogP contribution >= 0.6 is 0 Å². The van der Waals surface area contributed by atoms with Crippen LogP contribution in [0.15, 0.2) is 65.7 Å². The van der Waals surface area contributed by atoms with Crippen molar-refractivity contribution < 1.29 is 22.7 Å². The van der Waals surface area contributed by atoms with Crippen LogP contribution in [0.4, 0.5) is 5.69 Å². The number of nitrogens with zero attached hydrogens (tertiary/aromatic N) is 2. The van der Waals surface area contributed by atoms with Gasteiger partial charge in [0.2, 0.25) is 15.9 Å². The Kier molecular flexibility index (Phi) is 6.28. The summed E-state index contributed by atoms with van der Waals surface area (Å²) in [6.07, 6.45) is 1.72. The van der Waals surface area contributed by atoms with Crippen LogP contribution in [-0.4, -0.2) is 36.7 Å². The molecular formula is C20H20N4O5S. The van der Waals surface area contributed by atoms with Gasteiger partial charge in [0, 0.05) is 11.9 Å². The Bertz CT molecular complexity index is 1150. The second kappa shape index (κ2) is 8.89. The average molecular weight is 428 g/mol. The number of aromatic nitrogens is 2. The Hall–Kier alpha value is -3.50. The third kappa shape index (κ3) is 5.31. The fourth-order valence-corrected chi connectivity index (χ4v) is 3.18. The molecule has 0 saturated heterocycles. The number of primary sulfonamides is 1. The lowest BCUT2D eigenvalue weighted by molar-refractivity contribution is -0.115. The summed E-state index contributed by atoms with van der Waals surface area (Å²) in [7, 11) is -3.76. The first-order valence-corrected chi connectivity index (χ1v) is 10.6. The smallest absolute Gasteiger partial charge is 0.358 e. The molecule has 1 aromatic heterocycles. The van der Waals surface area contributed by atoms with E-state index in [0.717, 1.165) is 0 Å². The molecule has 0 aliphatic rings. The van der Waals surface area contributed by atoms with Crippen molar-refractivity contribution in [3.8, 4) is 5.69 Å². The lowest BCUT2D eigenvalue weighted by Gasteiger charge is -2.07. The normalized spacial score (nSPS) is 11.1. The molecule has 3 aromatic rings. The number of ether oxygens (including phenoxy) is 1. The predicted octanol–water partition coefficient (Wildman–Crippen LogP) is 1.88. The third-order valence-electron chi connectivity index (χ3n) is 4.11. The van der Waals surface area contributed by atoms with Crippen molar-refractivity contribution in [2.75, 3.05) is 11.9 Å². The SMILES string of the molecule is CCOC(=O)c1ccn(-c2ccc(NC(=O)Cc3ccc(S(N)(=O)=O)cc3)cc2)n1. The maximum absolute atomic E-state index is 12.2. The second-order valence-electron chi connectivity index (χ2n) is 6.33. The van der Waals surface area contributed by atoms with Gasteiger partial charge in [0.05, 0.1) is 23.6 Å². The number of esters is 1. The summed E-state index contributed by atoms with van der Waals surface area (Å²) in [6, 6.07) is 14.3. The number of carbonyl (C=O) groups is 2. The number of hydrogen-bond donors (Lipinski definition) is 2. The van der Waals surface area contributed by atoms with Gasteiger partial charge in [-0.2, -0.15) is 5.10 Å². The Balaban J connectivity index is 1.61. The van der Waals surface area contributed by atoms with Crippen molar-refractivity contribution >= 4 is 27.6 Å². The van der Waals surface area contributed by atoms with Crippen LogP contribution in [0, 0.1) is 0 Å². The number of amides is 1. The number of rotatable bonds is 7. The molecule has 0 aliphatic carbocycles. The molecule has 0 atom stereocenters. The predicted molar refractivity (Wildman–Crippen MR) is 110 cm³/mol. The molecule has 0 fully saturated rings. The van der Waals surface area contributed by atoms with E-state index in [0.29, 0.717) is 16.9 Å². The molecular weight excluding hydrogens is 408 g/mol. The third-order valence-corrected chi connectivity index (χ3v) is 5.04. The lowest BCUT2D eigenvalue weighted by Crippen LogP contribution is -2.15. The van der Waals surface area contributed by atoms with Crippen LogP contribution in [0.25, 0.3) is 5.69 Å². The summed E-state index contributed by atoms with van der Waals surface area (Å²) < 4.78 is 29.0. The second-order valence-corrected chi connectivity index (χ2v) is 7.89. The maximum Gasteiger partial charge on any atom is 0.358 e. The van der Waals surface area contributed by atoms with Gasteiger partial charge in [0.25, 0.3) is 0 Å². The highest BCUT2D eigenvalue weighted by atomic mass is 32.2. The lowest BCUT2D eigenvalue weighted by atomic mass is 10.1. The van der Waals surface area contributed by atoms with Gasteiger partial charge >= 0.3 is 5.97 Å². The molecule has 3 rings (SSSR count). The number of benzene rings is 2. The van der Waals surface area contributed by atoms with Crippen molar-refractivity contribution in [3.63, 3.8) is 0 Å². The van der Waals surface area contributed by atoms with E-state index in [4.69, 9.17) is 9.88 Å². The highest BCUT2D eigenvalue weighted by Gasteiger charge is 2.12. The monoisotopic (exact) mass is 428 g/mol. The fourth-order valence-electron chi connectivity index (χ4n) is 2.67. The average Bonchev–Trinajstić information content (AvgIpc) is 3.19. The van der Waals surface area contributed by atoms with Gasteiger partial charge < -0.3 is 10.1 Å². The van der Waals surface area contributed by atoms with Gasteiger partial charge in [-0.3, -0.25) is 4.79 Å². The highest BCUT2D eigenvalue weighted by Crippen LogP contribution is 2.15. The molecule has 0 radical (unpaired) electrons. The first-order valence-electron chi connectivity index (χ1n) is 9.01. The molecule has 2 aromatic carbocycles. The van der Waals surface area contributed by atoms with E-state index in [-0.39, 0.29) is 29.5 Å². The van der Waals surface area contributed by atoms with Crippen LogP contribution < -0.4 is 10.5 Å². The highest BCUT2D eigenvalue weighted by molar-refractivity contribution is 7.89. The number of hydrogen-bond acceptors (Lipinski definition) is 6. The molecule has 0 unspecified atom stereocenters. The van der Waals surface area contributed by atoms with E-state index in [1.165, 1.54) is 16.8 Å². The first-order chi connectivity index (χ1) is 14.3. The quantitative estimate of drug-likeness (QED) is 0.552. The number of nitrogens with one attached hydrogen (secondary N) is 1. The summed E-state index contributed by atoms with van der Waals surface area (Å²) in [4.78, 5) is 23.9. The van der Waals surface area contributed by atoms with Gasteiger partial charge in [-0.15, -0.1) is 0 Å². The summed E-state index contributed by atoms with van der Waals surface area (Å²) in [5, 5.41) is 12.0. The van der Waals surface area contributed by atoms with Crippen molar-refractivity contribution in [3.05, 3.63) is 72.1 Å². The Morgan fingerprint density at radius 1 is 1.07 bits per heavy atom. The summed E-state index contributed by atoms with van der Waals surface area (Å²) in [6.45, 7) is 2.00. The van der Waals surface area contributed by atoms with Crippen molar-refractivity contribution in [1.82, 2.24) is 9.78 Å². The molecule has 156 valence electrons. The van der Waals surface area contributed by atoms with Gasteiger partial charge in [-0.05, 0) is 55.0 Å². The molecule has 1 heterocycles. The van der Waals surface area contributed by atoms with Crippen LogP contribution in [0.3, 0.4) is 0 Å². The zero-order valence-electron chi connectivity index (χ0n) is 16.1. The van der Waals surface area contributed by atoms with Gasteiger partial charge in [-0.1, -0.05) is 12.1 Å². The Morgan fingerprint density at radius 2 is 1.73 bits per heavy atom. The van der Waals surface area contributed by atoms with E-state index in [2.05, 4.69) is 10.4 Å². The van der Waals surface area contributed by atoms with Gasteiger partial charge in [-0.25, -0.2) is 23.0 Å². The number of anilines is 1. The molecule has 0 aliphatic heterocycles. The van der Waals surface area contributed by atoms with Crippen LogP contribution in [0.2, 0.25) is 0 Å². The standard InChI is InChI=1S/C20H20N4O5S/c1-2-29-20(26)18-11-12-24(23-18)16-7-5-15(6-8-16)22-19(25)13-14-3-9-17(10-4-14)30(21,27)28/h3-12H,2,13H2,1H3,(H,22,25)(H2,21,27,28). The van der Waals surface area contributed by atoms with Crippen LogP contribution in [-0.2, 0) is 26.0 Å². The summed E-state index contributed by atoms with van der Waals surface area (Å²) in [5.74, 6) is -0.743. The van der Waals surface area contributed by atoms with E-state index < -0.39 is 16.0 Å². The van der Waals surface area contributed by atoms with Gasteiger partial charge in [0.15, 0.2) is 5.69 Å². The number of sulfonamides is 1. The summed E-state index contributed by atoms with van der Waals surface area (Å²) in [5.41, 5.74) is 2.16. The molecule has 0 bridgehead atoms. The minimum atomic E-state index is -3.76. The molecule has 30 heavy (non-hydrogen) atoms. The zero-order chi connectivity index (χ0) is 21.7. The number of nitrogens with two attached hydrogens (primary N) is 1. The van der Waals surface area contributed by atoms with Gasteiger partial charge in [0.1, 0.15) is 0 Å². The minimum absolute atomic E-state index is 0.00742. The summed E-state index contributed by atoms with van der Waals surface area (Å²) >= 11 is 0. The topological polar surface area (TPSA) is 133 Å². The molecule has 3 N–H and O–H groups in total. The largest absolute Gasteiger partial charge is 0.461 e. The van der Waals surface area contributed by atoms with E-state index in [9.17, 15) is 18.0 Å². The van der Waals surface area contributed by atoms with E-state index in [1.807, 2.05) is 0 Å². The van der Waals surface area contributed by atoms with Crippen molar-refractivity contribution in [1.29, 1.82) is 0 Å². The van der Waals surface area contributed by atoms with Crippen LogP contribution in [0.1, 0.15) is 23.0 Å². The molecule has 10 heteroatoms. The molecule has 0 saturated carbocycles. The van der Waals surface area contributed by atoms with Crippen molar-refractivity contribution in [2.24, 2.45) is 5.14 Å². The number of carbonyl (C=O) groups excluding carboxylic acids is 2. The first kappa shape index (κ1) is 21.2. The molecule has 1 amide bonds. The van der Waals surface area contributed by atoms with E-state index >= 15 is 0 Å². The van der Waals surface area contributed by atoms with E-state index in [1.54, 1.807) is 55.6 Å². The molecule has 0 spiro atoms. The molecule has 9 nitrogen and oxygen atoms in total. The Morgan fingerprint density at radius 3 is 2.33 bits per heavy atom. The van der Waals surface area contributed by atoms with Crippen molar-refractivity contribution in [2.45, 2.75) is 18.2 Å². The zero-order valence-corrected chi connectivity index (χ0v) is 16.9.